The SMILES string of the molecule is Cc1nc2c(c(C(F)(F)F)n1)CC(c1nc(C3(N)CCC3)no1)CC2.Cl. The molecule has 1 fully saturated rings. The molecule has 0 saturated heterocycles. The summed E-state index contributed by atoms with van der Waals surface area (Å²) in [6, 6.07) is 0. The van der Waals surface area contributed by atoms with Gasteiger partial charge in [0.25, 0.3) is 0 Å². The zero-order valence-electron chi connectivity index (χ0n) is 14.1. The molecule has 2 aromatic rings. The lowest BCUT2D eigenvalue weighted by atomic mass is 9.77. The topological polar surface area (TPSA) is 90.7 Å². The quantitative estimate of drug-likeness (QED) is 0.848. The van der Waals surface area contributed by atoms with E-state index >= 15 is 0 Å². The van der Waals surface area contributed by atoms with Gasteiger partial charge in [0.1, 0.15) is 5.82 Å². The maximum atomic E-state index is 13.3. The van der Waals surface area contributed by atoms with E-state index in [2.05, 4.69) is 20.1 Å². The highest BCUT2D eigenvalue weighted by molar-refractivity contribution is 5.85. The molecular weight excluding hydrogens is 371 g/mol. The Bertz CT molecular complexity index is 819. The van der Waals surface area contributed by atoms with E-state index in [-0.39, 0.29) is 36.1 Å². The summed E-state index contributed by atoms with van der Waals surface area (Å²) in [6.07, 6.45) is -0.715. The number of halogens is 4. The number of fused-ring (bicyclic) bond motifs is 1. The number of rotatable bonds is 2. The lowest BCUT2D eigenvalue weighted by Crippen LogP contribution is -2.44. The van der Waals surface area contributed by atoms with Crippen molar-refractivity contribution in [3.63, 3.8) is 0 Å². The van der Waals surface area contributed by atoms with Crippen LogP contribution in [0.5, 0.6) is 0 Å². The Morgan fingerprint density at radius 2 is 1.92 bits per heavy atom. The van der Waals surface area contributed by atoms with Crippen molar-refractivity contribution in [2.75, 3.05) is 0 Å². The van der Waals surface area contributed by atoms with Gasteiger partial charge in [-0.1, -0.05) is 5.16 Å². The van der Waals surface area contributed by atoms with Gasteiger partial charge in [0, 0.05) is 17.2 Å². The van der Waals surface area contributed by atoms with Crippen LogP contribution in [0.1, 0.15) is 66.1 Å². The fraction of sp³-hybridized carbons (Fsp3) is 0.625. The second-order valence-corrected chi connectivity index (χ2v) is 6.95. The monoisotopic (exact) mass is 389 g/mol. The first-order valence-corrected chi connectivity index (χ1v) is 8.33. The van der Waals surface area contributed by atoms with Gasteiger partial charge in [-0.3, -0.25) is 0 Å². The van der Waals surface area contributed by atoms with Crippen LogP contribution in [0.25, 0.3) is 0 Å². The summed E-state index contributed by atoms with van der Waals surface area (Å²) in [5.41, 5.74) is 5.39. The van der Waals surface area contributed by atoms with Crippen LogP contribution >= 0.6 is 12.4 Å². The summed E-state index contributed by atoms with van der Waals surface area (Å²) in [7, 11) is 0. The molecule has 2 aromatic heterocycles. The highest BCUT2D eigenvalue weighted by atomic mass is 35.5. The molecule has 1 saturated carbocycles. The van der Waals surface area contributed by atoms with E-state index in [1.807, 2.05) is 0 Å². The Labute approximate surface area is 154 Å². The van der Waals surface area contributed by atoms with Crippen molar-refractivity contribution in [1.82, 2.24) is 20.1 Å². The third kappa shape index (κ3) is 3.18. The lowest BCUT2D eigenvalue weighted by Gasteiger charge is -2.34. The van der Waals surface area contributed by atoms with Gasteiger partial charge in [-0.25, -0.2) is 9.97 Å². The van der Waals surface area contributed by atoms with Crippen molar-refractivity contribution in [2.24, 2.45) is 5.73 Å². The Morgan fingerprint density at radius 1 is 1.19 bits per heavy atom. The molecule has 0 radical (unpaired) electrons. The fourth-order valence-electron chi connectivity index (χ4n) is 3.56. The average molecular weight is 390 g/mol. The van der Waals surface area contributed by atoms with E-state index in [1.165, 1.54) is 6.92 Å². The molecule has 142 valence electrons. The van der Waals surface area contributed by atoms with E-state index < -0.39 is 17.4 Å². The Kier molecular flexibility index (Phi) is 4.72. The Hall–Kier alpha value is -1.74. The smallest absolute Gasteiger partial charge is 0.339 e. The molecule has 26 heavy (non-hydrogen) atoms. The standard InChI is InChI=1S/C16H18F3N5O.ClH/c1-8-21-11-4-3-9(7-10(11)12(22-8)16(17,18)19)13-23-14(24-25-13)15(20)5-2-6-15;/h9H,2-7,20H2,1H3;1H. The van der Waals surface area contributed by atoms with Gasteiger partial charge in [-0.2, -0.15) is 18.2 Å². The maximum Gasteiger partial charge on any atom is 0.433 e. The van der Waals surface area contributed by atoms with E-state index in [0.29, 0.717) is 30.3 Å². The molecular formula is C16H19ClF3N5O. The van der Waals surface area contributed by atoms with Crippen LogP contribution < -0.4 is 5.73 Å². The van der Waals surface area contributed by atoms with Crippen molar-refractivity contribution in [3.8, 4) is 0 Å². The molecule has 0 bridgehead atoms. The fourth-order valence-corrected chi connectivity index (χ4v) is 3.56. The summed E-state index contributed by atoms with van der Waals surface area (Å²) in [4.78, 5) is 12.2. The van der Waals surface area contributed by atoms with Crippen LogP contribution in [0.15, 0.2) is 4.52 Å². The van der Waals surface area contributed by atoms with Crippen molar-refractivity contribution in [3.05, 3.63) is 34.5 Å². The van der Waals surface area contributed by atoms with Crippen LogP contribution in [0.2, 0.25) is 0 Å². The second kappa shape index (κ2) is 6.45. The van der Waals surface area contributed by atoms with Gasteiger partial charge in [-0.15, -0.1) is 12.4 Å². The predicted molar refractivity (Wildman–Crippen MR) is 87.8 cm³/mol. The molecule has 4 rings (SSSR count). The molecule has 0 amide bonds. The van der Waals surface area contributed by atoms with Crippen molar-refractivity contribution in [2.45, 2.75) is 63.1 Å². The first kappa shape index (κ1) is 19.0. The number of hydrogen-bond donors (Lipinski definition) is 1. The van der Waals surface area contributed by atoms with E-state index in [9.17, 15) is 13.2 Å². The van der Waals surface area contributed by atoms with E-state index in [4.69, 9.17) is 10.3 Å². The highest BCUT2D eigenvalue weighted by Gasteiger charge is 2.42. The molecule has 0 aliphatic heterocycles. The van der Waals surface area contributed by atoms with Gasteiger partial charge in [-0.05, 0) is 45.4 Å². The molecule has 6 nitrogen and oxygen atoms in total. The van der Waals surface area contributed by atoms with Crippen LogP contribution in [0.3, 0.4) is 0 Å². The summed E-state index contributed by atoms with van der Waals surface area (Å²) >= 11 is 0. The molecule has 2 aliphatic carbocycles. The van der Waals surface area contributed by atoms with Gasteiger partial charge in [0.15, 0.2) is 11.5 Å². The molecule has 2 aliphatic rings. The molecule has 2 N–H and O–H groups in total. The molecule has 10 heteroatoms. The number of aryl methyl sites for hydroxylation is 2. The number of hydrogen-bond acceptors (Lipinski definition) is 6. The third-order valence-electron chi connectivity index (χ3n) is 5.14. The van der Waals surface area contributed by atoms with Gasteiger partial charge in [0.2, 0.25) is 5.89 Å². The van der Waals surface area contributed by atoms with Gasteiger partial charge in [0.05, 0.1) is 5.54 Å². The average Bonchev–Trinajstić information content (AvgIpc) is 3.00. The minimum absolute atomic E-state index is 0. The Morgan fingerprint density at radius 3 is 2.54 bits per heavy atom. The van der Waals surface area contributed by atoms with Crippen LogP contribution in [-0.4, -0.2) is 20.1 Å². The van der Waals surface area contributed by atoms with E-state index in [1.54, 1.807) is 0 Å². The van der Waals surface area contributed by atoms with Crippen LogP contribution in [0.4, 0.5) is 13.2 Å². The van der Waals surface area contributed by atoms with Crippen LogP contribution in [-0.2, 0) is 24.6 Å². The summed E-state index contributed by atoms with van der Waals surface area (Å²) in [5, 5.41) is 3.96. The molecule has 0 spiro atoms. The number of aromatic nitrogens is 4. The highest BCUT2D eigenvalue weighted by Crippen LogP contribution is 2.40. The van der Waals surface area contributed by atoms with Crippen LogP contribution in [0, 0.1) is 6.92 Å². The zero-order valence-corrected chi connectivity index (χ0v) is 15.0. The molecule has 1 unspecified atom stereocenters. The zero-order chi connectivity index (χ0) is 17.8. The lowest BCUT2D eigenvalue weighted by molar-refractivity contribution is -0.142. The van der Waals surface area contributed by atoms with Crippen molar-refractivity contribution < 1.29 is 17.7 Å². The normalized spacial score (nSPS) is 21.5. The molecule has 2 heterocycles. The van der Waals surface area contributed by atoms with Gasteiger partial charge < -0.3 is 10.3 Å². The summed E-state index contributed by atoms with van der Waals surface area (Å²) in [6.45, 7) is 1.48. The minimum Gasteiger partial charge on any atom is -0.339 e. The second-order valence-electron chi connectivity index (χ2n) is 6.95. The first-order chi connectivity index (χ1) is 11.8. The first-order valence-electron chi connectivity index (χ1n) is 8.33. The van der Waals surface area contributed by atoms with E-state index in [0.717, 1.165) is 19.3 Å². The summed E-state index contributed by atoms with van der Waals surface area (Å²) < 4.78 is 45.3. The third-order valence-corrected chi connectivity index (χ3v) is 5.14. The number of alkyl halides is 3. The summed E-state index contributed by atoms with van der Waals surface area (Å²) in [5.74, 6) is 0.673. The largest absolute Gasteiger partial charge is 0.433 e. The minimum atomic E-state index is -4.51. The predicted octanol–water partition coefficient (Wildman–Crippen LogP) is 3.22. The molecule has 1 atom stereocenters. The maximum absolute atomic E-state index is 13.3. The molecule has 0 aromatic carbocycles. The van der Waals surface area contributed by atoms with Crippen molar-refractivity contribution >= 4 is 12.4 Å². The van der Waals surface area contributed by atoms with Gasteiger partial charge >= 0.3 is 6.18 Å². The number of nitrogens with two attached hydrogens (primary N) is 1. The number of nitrogens with zero attached hydrogens (tertiary/aromatic N) is 4. The Balaban J connectivity index is 0.00000196. The van der Waals surface area contributed by atoms with Crippen molar-refractivity contribution in [1.29, 1.82) is 0 Å².